The molecule has 2 saturated carbocycles. The van der Waals surface area contributed by atoms with Crippen LogP contribution < -0.4 is 4.90 Å². The third kappa shape index (κ3) is 3.94. The average molecular weight is 453 g/mol. The van der Waals surface area contributed by atoms with Gasteiger partial charge < -0.3 is 14.9 Å². The molecular formula is C25H28N2O4S. The smallest absolute Gasteiger partial charge is 0.303 e. The van der Waals surface area contributed by atoms with E-state index in [1.54, 1.807) is 11.3 Å². The summed E-state index contributed by atoms with van der Waals surface area (Å²) in [5, 5.41) is 11.1. The second kappa shape index (κ2) is 8.70. The van der Waals surface area contributed by atoms with Crippen molar-refractivity contribution in [2.24, 2.45) is 5.92 Å². The summed E-state index contributed by atoms with van der Waals surface area (Å²) < 4.78 is 0. The van der Waals surface area contributed by atoms with Crippen molar-refractivity contribution in [2.45, 2.75) is 69.5 Å². The Labute approximate surface area is 191 Å². The van der Waals surface area contributed by atoms with Crippen molar-refractivity contribution in [3.05, 3.63) is 52.2 Å². The molecule has 1 N–H and O–H groups in total. The lowest BCUT2D eigenvalue weighted by Gasteiger charge is -2.48. The standard InChI is InChI=1S/C25H28N2O4S/c28-22(12-13-24(30)31)26(16-10-11-16)25-18-6-1-2-8-20(18)27(21-9-3-7-19(21)25)23(29)15-17-5-4-14-32-17/h1-2,4-6,8,14,16,19,21,25H,3,7,9-13,15H2,(H,30,31). The number of aliphatic carboxylic acids is 1. The van der Waals surface area contributed by atoms with Gasteiger partial charge in [-0.15, -0.1) is 11.3 Å². The van der Waals surface area contributed by atoms with Gasteiger partial charge in [-0.2, -0.15) is 0 Å². The van der Waals surface area contributed by atoms with Crippen LogP contribution in [0.5, 0.6) is 0 Å². The first-order chi connectivity index (χ1) is 15.5. The Morgan fingerprint density at radius 2 is 1.84 bits per heavy atom. The summed E-state index contributed by atoms with van der Waals surface area (Å²) in [7, 11) is 0. The van der Waals surface area contributed by atoms with Gasteiger partial charge in [0, 0.05) is 35.0 Å². The Kier molecular flexibility index (Phi) is 5.76. The maximum Gasteiger partial charge on any atom is 0.303 e. The summed E-state index contributed by atoms with van der Waals surface area (Å²) in [6, 6.07) is 12.2. The maximum atomic E-state index is 13.5. The lowest BCUT2D eigenvalue weighted by Crippen LogP contribution is -2.53. The molecule has 0 spiro atoms. The van der Waals surface area contributed by atoms with Crippen LogP contribution in [0.4, 0.5) is 5.69 Å². The number of hydrogen-bond donors (Lipinski definition) is 1. The fourth-order valence-electron chi connectivity index (χ4n) is 5.63. The number of benzene rings is 1. The lowest BCUT2D eigenvalue weighted by atomic mass is 9.81. The summed E-state index contributed by atoms with van der Waals surface area (Å²) in [4.78, 5) is 42.9. The SMILES string of the molecule is O=C(O)CCC(=O)N(C1CC1)C1c2ccccc2N(C(=O)Cc2cccs2)C2CCCC21. The molecule has 0 saturated heterocycles. The number of rotatable bonds is 7. The van der Waals surface area contributed by atoms with Gasteiger partial charge in [-0.25, -0.2) is 0 Å². The molecule has 0 bridgehead atoms. The van der Waals surface area contributed by atoms with E-state index in [1.807, 2.05) is 45.5 Å². The molecule has 2 amide bonds. The highest BCUT2D eigenvalue weighted by Crippen LogP contribution is 2.52. The molecule has 5 rings (SSSR count). The van der Waals surface area contributed by atoms with E-state index in [1.165, 1.54) is 0 Å². The van der Waals surface area contributed by atoms with Crippen LogP contribution >= 0.6 is 11.3 Å². The zero-order valence-electron chi connectivity index (χ0n) is 18.0. The van der Waals surface area contributed by atoms with E-state index >= 15 is 0 Å². The number of carboxylic acids is 1. The summed E-state index contributed by atoms with van der Waals surface area (Å²) in [5.74, 6) is -0.710. The molecule has 3 aliphatic rings. The third-order valence-electron chi connectivity index (χ3n) is 7.04. The predicted molar refractivity (Wildman–Crippen MR) is 123 cm³/mol. The Hall–Kier alpha value is -2.67. The third-order valence-corrected chi connectivity index (χ3v) is 7.92. The molecule has 7 heteroatoms. The molecule has 2 aliphatic carbocycles. The van der Waals surface area contributed by atoms with E-state index in [4.69, 9.17) is 5.11 Å². The van der Waals surface area contributed by atoms with Gasteiger partial charge in [-0.3, -0.25) is 14.4 Å². The Morgan fingerprint density at radius 3 is 2.56 bits per heavy atom. The highest BCUT2D eigenvalue weighted by molar-refractivity contribution is 7.10. The molecule has 3 unspecified atom stereocenters. The molecule has 1 aromatic heterocycles. The fraction of sp³-hybridized carbons (Fsp3) is 0.480. The second-order valence-electron chi connectivity index (χ2n) is 9.11. The van der Waals surface area contributed by atoms with Gasteiger partial charge in [0.05, 0.1) is 18.9 Å². The van der Waals surface area contributed by atoms with Crippen molar-refractivity contribution in [2.75, 3.05) is 4.90 Å². The highest BCUT2D eigenvalue weighted by Gasteiger charge is 2.51. The molecule has 2 fully saturated rings. The molecule has 1 aliphatic heterocycles. The van der Waals surface area contributed by atoms with E-state index < -0.39 is 5.97 Å². The zero-order chi connectivity index (χ0) is 22.2. The van der Waals surface area contributed by atoms with Gasteiger partial charge in [0.25, 0.3) is 0 Å². The van der Waals surface area contributed by atoms with Crippen molar-refractivity contribution in [3.8, 4) is 0 Å². The number of hydrogen-bond acceptors (Lipinski definition) is 4. The van der Waals surface area contributed by atoms with E-state index in [9.17, 15) is 14.4 Å². The van der Waals surface area contributed by atoms with Crippen molar-refractivity contribution < 1.29 is 19.5 Å². The van der Waals surface area contributed by atoms with Gasteiger partial charge in [-0.1, -0.05) is 30.7 Å². The number of fused-ring (bicyclic) bond motifs is 2. The fourth-order valence-corrected chi connectivity index (χ4v) is 6.32. The number of nitrogens with zero attached hydrogens (tertiary/aromatic N) is 2. The molecule has 168 valence electrons. The summed E-state index contributed by atoms with van der Waals surface area (Å²) in [6.07, 6.45) is 5.16. The van der Waals surface area contributed by atoms with Gasteiger partial charge in [-0.05, 0) is 48.8 Å². The minimum Gasteiger partial charge on any atom is -0.481 e. The lowest BCUT2D eigenvalue weighted by molar-refractivity contribution is -0.142. The number of anilines is 1. The largest absolute Gasteiger partial charge is 0.481 e. The van der Waals surface area contributed by atoms with Gasteiger partial charge in [0.2, 0.25) is 11.8 Å². The monoisotopic (exact) mass is 452 g/mol. The number of para-hydroxylation sites is 1. The predicted octanol–water partition coefficient (Wildman–Crippen LogP) is 4.40. The average Bonchev–Trinajstić information content (AvgIpc) is 3.26. The van der Waals surface area contributed by atoms with E-state index in [-0.39, 0.29) is 48.7 Å². The van der Waals surface area contributed by atoms with Crippen molar-refractivity contribution >= 4 is 34.8 Å². The Balaban J connectivity index is 1.51. The van der Waals surface area contributed by atoms with E-state index in [0.717, 1.165) is 48.2 Å². The first kappa shape index (κ1) is 21.2. The summed E-state index contributed by atoms with van der Waals surface area (Å²) in [5.41, 5.74) is 1.95. The number of carboxylic acid groups (broad SMARTS) is 1. The second-order valence-corrected chi connectivity index (χ2v) is 10.1. The van der Waals surface area contributed by atoms with E-state index in [0.29, 0.717) is 6.42 Å². The molecule has 2 heterocycles. The minimum atomic E-state index is -0.942. The normalized spacial score (nSPS) is 24.0. The molecule has 3 atom stereocenters. The van der Waals surface area contributed by atoms with Crippen molar-refractivity contribution in [1.29, 1.82) is 0 Å². The van der Waals surface area contributed by atoms with E-state index in [2.05, 4.69) is 6.07 Å². The Bertz CT molecular complexity index is 1020. The first-order valence-corrected chi connectivity index (χ1v) is 12.4. The molecule has 1 aromatic carbocycles. The summed E-state index contributed by atoms with van der Waals surface area (Å²) >= 11 is 1.60. The van der Waals surface area contributed by atoms with Crippen LogP contribution in [0.15, 0.2) is 41.8 Å². The van der Waals surface area contributed by atoms with Crippen LogP contribution in [-0.4, -0.2) is 39.9 Å². The molecule has 6 nitrogen and oxygen atoms in total. The van der Waals surface area contributed by atoms with Crippen molar-refractivity contribution in [1.82, 2.24) is 4.90 Å². The highest BCUT2D eigenvalue weighted by atomic mass is 32.1. The van der Waals surface area contributed by atoms with Crippen molar-refractivity contribution in [3.63, 3.8) is 0 Å². The van der Waals surface area contributed by atoms with Gasteiger partial charge >= 0.3 is 5.97 Å². The van der Waals surface area contributed by atoms with Crippen LogP contribution in [0.2, 0.25) is 0 Å². The molecule has 0 radical (unpaired) electrons. The number of thiophene rings is 1. The van der Waals surface area contributed by atoms with Crippen LogP contribution in [0.1, 0.15) is 61.4 Å². The summed E-state index contributed by atoms with van der Waals surface area (Å²) in [6.45, 7) is 0. The van der Waals surface area contributed by atoms with Crippen LogP contribution in [0.3, 0.4) is 0 Å². The molecular weight excluding hydrogens is 424 g/mol. The quantitative estimate of drug-likeness (QED) is 0.675. The number of amides is 2. The number of carbonyl (C=O) groups is 3. The maximum absolute atomic E-state index is 13.5. The topological polar surface area (TPSA) is 77.9 Å². The molecule has 2 aromatic rings. The van der Waals surface area contributed by atoms with Gasteiger partial charge in [0.1, 0.15) is 0 Å². The van der Waals surface area contributed by atoms with Crippen LogP contribution in [0.25, 0.3) is 0 Å². The first-order valence-electron chi connectivity index (χ1n) is 11.5. The number of carbonyl (C=O) groups excluding carboxylic acids is 2. The molecule has 32 heavy (non-hydrogen) atoms. The zero-order valence-corrected chi connectivity index (χ0v) is 18.8. The minimum absolute atomic E-state index is 0.0307. The Morgan fingerprint density at radius 1 is 1.03 bits per heavy atom. The van der Waals surface area contributed by atoms with Crippen LogP contribution in [0, 0.1) is 5.92 Å². The van der Waals surface area contributed by atoms with Crippen LogP contribution in [-0.2, 0) is 20.8 Å². The van der Waals surface area contributed by atoms with Gasteiger partial charge in [0.15, 0.2) is 0 Å².